The Hall–Kier alpha value is -0.820. The van der Waals surface area contributed by atoms with Crippen LogP contribution in [-0.2, 0) is 19.3 Å². The number of rotatable bonds is 3. The zero-order valence-electron chi connectivity index (χ0n) is 8.92. The summed E-state index contributed by atoms with van der Waals surface area (Å²) in [6, 6.07) is 7.28. The average Bonchev–Trinajstić information content (AvgIpc) is 2.61. The van der Waals surface area contributed by atoms with E-state index in [2.05, 4.69) is 25.1 Å². The van der Waals surface area contributed by atoms with Crippen LogP contribution in [0.1, 0.15) is 36.5 Å². The highest BCUT2D eigenvalue weighted by Gasteiger charge is 2.10. The summed E-state index contributed by atoms with van der Waals surface area (Å²) in [6.45, 7) is 2.08. The van der Waals surface area contributed by atoms with E-state index in [4.69, 9.17) is 5.73 Å². The molecule has 0 bridgehead atoms. The fourth-order valence-corrected chi connectivity index (χ4v) is 2.18. The van der Waals surface area contributed by atoms with Crippen LogP contribution in [0.15, 0.2) is 18.2 Å². The van der Waals surface area contributed by atoms with Gasteiger partial charge in [-0.25, -0.2) is 0 Å². The Labute approximate surface area is 86.3 Å². The maximum absolute atomic E-state index is 5.75. The molecule has 2 rings (SSSR count). The maximum Gasteiger partial charge on any atom is 0.00136 e. The molecule has 0 unspecified atom stereocenters. The van der Waals surface area contributed by atoms with E-state index in [9.17, 15) is 0 Å². The van der Waals surface area contributed by atoms with E-state index in [0.29, 0.717) is 6.04 Å². The molecule has 0 saturated heterocycles. The topological polar surface area (TPSA) is 26.0 Å². The molecular formula is C13H19N. The maximum atomic E-state index is 5.75. The van der Waals surface area contributed by atoms with Crippen molar-refractivity contribution in [3.05, 3.63) is 34.9 Å². The van der Waals surface area contributed by atoms with Gasteiger partial charge in [0.1, 0.15) is 0 Å². The second kappa shape index (κ2) is 4.14. The van der Waals surface area contributed by atoms with Gasteiger partial charge in [0.2, 0.25) is 0 Å². The molecule has 1 atom stereocenters. The quantitative estimate of drug-likeness (QED) is 0.776. The van der Waals surface area contributed by atoms with Crippen molar-refractivity contribution in [1.29, 1.82) is 0 Å². The van der Waals surface area contributed by atoms with Crippen LogP contribution in [0.3, 0.4) is 0 Å². The van der Waals surface area contributed by atoms with E-state index in [1.54, 1.807) is 11.1 Å². The second-order valence-electron chi connectivity index (χ2n) is 4.47. The van der Waals surface area contributed by atoms with Crippen LogP contribution in [0.25, 0.3) is 0 Å². The van der Waals surface area contributed by atoms with Crippen molar-refractivity contribution in [3.8, 4) is 0 Å². The third kappa shape index (κ3) is 2.16. The Morgan fingerprint density at radius 1 is 1.29 bits per heavy atom. The Morgan fingerprint density at radius 2 is 2.07 bits per heavy atom. The normalized spacial score (nSPS) is 16.7. The minimum atomic E-state index is 0.322. The van der Waals surface area contributed by atoms with E-state index in [1.807, 2.05) is 0 Å². The molecule has 2 N–H and O–H groups in total. The van der Waals surface area contributed by atoms with Gasteiger partial charge in [-0.1, -0.05) is 18.2 Å². The van der Waals surface area contributed by atoms with Gasteiger partial charge in [0.25, 0.3) is 0 Å². The monoisotopic (exact) mass is 189 g/mol. The number of benzene rings is 1. The molecule has 0 saturated carbocycles. The molecule has 1 nitrogen and oxygen atoms in total. The van der Waals surface area contributed by atoms with Crippen LogP contribution in [-0.4, -0.2) is 6.04 Å². The number of hydrogen-bond acceptors (Lipinski definition) is 1. The number of hydrogen-bond donors (Lipinski definition) is 1. The number of fused-ring (bicyclic) bond motifs is 1. The van der Waals surface area contributed by atoms with Gasteiger partial charge in [0.15, 0.2) is 0 Å². The third-order valence-electron chi connectivity index (χ3n) is 3.05. The minimum Gasteiger partial charge on any atom is -0.328 e. The van der Waals surface area contributed by atoms with Gasteiger partial charge in [-0.15, -0.1) is 0 Å². The molecule has 0 aromatic heterocycles. The molecule has 1 heteroatoms. The van der Waals surface area contributed by atoms with E-state index < -0.39 is 0 Å². The van der Waals surface area contributed by atoms with Crippen LogP contribution < -0.4 is 5.73 Å². The van der Waals surface area contributed by atoms with Gasteiger partial charge in [-0.05, 0) is 55.7 Å². The summed E-state index contributed by atoms with van der Waals surface area (Å²) in [6.07, 6.45) is 6.13. The molecule has 14 heavy (non-hydrogen) atoms. The van der Waals surface area contributed by atoms with Crippen molar-refractivity contribution in [3.63, 3.8) is 0 Å². The van der Waals surface area contributed by atoms with Crippen LogP contribution in [0.5, 0.6) is 0 Å². The van der Waals surface area contributed by atoms with E-state index >= 15 is 0 Å². The van der Waals surface area contributed by atoms with Crippen molar-refractivity contribution >= 4 is 0 Å². The molecule has 1 aliphatic rings. The molecule has 1 aromatic rings. The third-order valence-corrected chi connectivity index (χ3v) is 3.05. The van der Waals surface area contributed by atoms with E-state index in [-0.39, 0.29) is 0 Å². The molecule has 0 heterocycles. The lowest BCUT2D eigenvalue weighted by atomic mass is 10.0. The van der Waals surface area contributed by atoms with E-state index in [1.165, 1.54) is 24.8 Å². The molecule has 1 aliphatic carbocycles. The van der Waals surface area contributed by atoms with Gasteiger partial charge in [-0.2, -0.15) is 0 Å². The van der Waals surface area contributed by atoms with Crippen molar-refractivity contribution in [2.24, 2.45) is 5.73 Å². The molecule has 0 radical (unpaired) electrons. The largest absolute Gasteiger partial charge is 0.328 e. The zero-order chi connectivity index (χ0) is 9.97. The van der Waals surface area contributed by atoms with Crippen molar-refractivity contribution < 1.29 is 0 Å². The Morgan fingerprint density at radius 3 is 2.86 bits per heavy atom. The van der Waals surface area contributed by atoms with Crippen molar-refractivity contribution in [2.45, 2.75) is 45.1 Å². The van der Waals surface area contributed by atoms with Gasteiger partial charge >= 0.3 is 0 Å². The molecule has 0 fully saturated rings. The Bertz CT molecular complexity index is 315. The second-order valence-corrected chi connectivity index (χ2v) is 4.47. The summed E-state index contributed by atoms with van der Waals surface area (Å²) >= 11 is 0. The van der Waals surface area contributed by atoms with Crippen LogP contribution in [0, 0.1) is 0 Å². The first kappa shape index (κ1) is 9.72. The number of nitrogens with two attached hydrogens (primary N) is 1. The average molecular weight is 189 g/mol. The van der Waals surface area contributed by atoms with Gasteiger partial charge in [-0.3, -0.25) is 0 Å². The highest BCUT2D eigenvalue weighted by molar-refractivity contribution is 5.35. The summed E-state index contributed by atoms with van der Waals surface area (Å²) in [5, 5.41) is 0. The summed E-state index contributed by atoms with van der Waals surface area (Å²) in [5.41, 5.74) is 10.4. The zero-order valence-corrected chi connectivity index (χ0v) is 8.92. The standard InChI is InChI=1S/C13H19N/c1-10(14)5-6-11-7-8-12-3-2-4-13(12)9-11/h7-10H,2-6,14H2,1H3/t10-/m1/s1. The molecule has 0 aliphatic heterocycles. The van der Waals surface area contributed by atoms with Crippen LogP contribution in [0.4, 0.5) is 0 Å². The van der Waals surface area contributed by atoms with Gasteiger partial charge in [0.05, 0.1) is 0 Å². The van der Waals surface area contributed by atoms with Crippen molar-refractivity contribution in [2.75, 3.05) is 0 Å². The van der Waals surface area contributed by atoms with Gasteiger partial charge < -0.3 is 5.73 Å². The Kier molecular flexibility index (Phi) is 2.87. The summed E-state index contributed by atoms with van der Waals surface area (Å²) in [4.78, 5) is 0. The molecule has 1 aromatic carbocycles. The Balaban J connectivity index is 2.05. The molecule has 0 amide bonds. The molecule has 0 spiro atoms. The summed E-state index contributed by atoms with van der Waals surface area (Å²) in [5.74, 6) is 0. The van der Waals surface area contributed by atoms with Crippen molar-refractivity contribution in [1.82, 2.24) is 0 Å². The first-order chi connectivity index (χ1) is 6.75. The lowest BCUT2D eigenvalue weighted by Gasteiger charge is -2.07. The van der Waals surface area contributed by atoms with Crippen LogP contribution >= 0.6 is 0 Å². The summed E-state index contributed by atoms with van der Waals surface area (Å²) in [7, 11) is 0. The fraction of sp³-hybridized carbons (Fsp3) is 0.538. The first-order valence-electron chi connectivity index (χ1n) is 5.62. The highest BCUT2D eigenvalue weighted by atomic mass is 14.6. The highest BCUT2D eigenvalue weighted by Crippen LogP contribution is 2.23. The fourth-order valence-electron chi connectivity index (χ4n) is 2.18. The number of aryl methyl sites for hydroxylation is 3. The predicted molar refractivity (Wildman–Crippen MR) is 60.4 cm³/mol. The summed E-state index contributed by atoms with van der Waals surface area (Å²) < 4.78 is 0. The molecule has 76 valence electrons. The minimum absolute atomic E-state index is 0.322. The van der Waals surface area contributed by atoms with Crippen LogP contribution in [0.2, 0.25) is 0 Å². The SMILES string of the molecule is C[C@@H](N)CCc1ccc2c(c1)CCC2. The smallest absolute Gasteiger partial charge is 0.00136 e. The lowest BCUT2D eigenvalue weighted by molar-refractivity contribution is 0.666. The molecular weight excluding hydrogens is 170 g/mol. The van der Waals surface area contributed by atoms with E-state index in [0.717, 1.165) is 12.8 Å². The first-order valence-corrected chi connectivity index (χ1v) is 5.62. The lowest BCUT2D eigenvalue weighted by Crippen LogP contribution is -2.15. The van der Waals surface area contributed by atoms with Gasteiger partial charge in [0, 0.05) is 6.04 Å². The predicted octanol–water partition coefficient (Wildman–Crippen LogP) is 2.46.